The first-order chi connectivity index (χ1) is 10.1. The number of aryl methyl sites for hydroxylation is 1. The number of amides is 1. The first kappa shape index (κ1) is 16.8. The molecule has 22 heavy (non-hydrogen) atoms. The fourth-order valence-electron chi connectivity index (χ4n) is 1.88. The number of halogens is 5. The van der Waals surface area contributed by atoms with Gasteiger partial charge in [0, 0.05) is 17.8 Å². The number of alkyl halides is 3. The lowest BCUT2D eigenvalue weighted by molar-refractivity contribution is -0.144. The summed E-state index contributed by atoms with van der Waals surface area (Å²) in [5, 5.41) is 6.57. The largest absolute Gasteiger partial charge is 0.434 e. The van der Waals surface area contributed by atoms with Gasteiger partial charge in [0.05, 0.1) is 4.47 Å². The van der Waals surface area contributed by atoms with Gasteiger partial charge in [0.25, 0.3) is 5.91 Å². The summed E-state index contributed by atoms with van der Waals surface area (Å²) in [4.78, 5) is 12.2. The molecule has 0 spiro atoms. The molecule has 4 nitrogen and oxygen atoms in total. The molecule has 9 heteroatoms. The molecule has 1 N–H and O–H groups in total. The molecule has 0 unspecified atom stereocenters. The summed E-state index contributed by atoms with van der Waals surface area (Å²) in [6.45, 7) is 1.69. The number of aromatic nitrogens is 2. The zero-order chi connectivity index (χ0) is 16.7. The molecule has 0 saturated carbocycles. The Morgan fingerprint density at radius 3 is 2.59 bits per heavy atom. The highest BCUT2D eigenvalue weighted by molar-refractivity contribution is 9.10. The second kappa shape index (κ2) is 5.92. The number of nitrogens with one attached hydrogen (secondary N) is 1. The van der Waals surface area contributed by atoms with Crippen LogP contribution in [0.3, 0.4) is 0 Å². The van der Waals surface area contributed by atoms with Crippen LogP contribution in [-0.2, 0) is 13.2 Å². The second-order valence-electron chi connectivity index (χ2n) is 4.50. The van der Waals surface area contributed by atoms with Crippen molar-refractivity contribution < 1.29 is 18.0 Å². The highest BCUT2D eigenvalue weighted by Crippen LogP contribution is 2.36. The smallest absolute Gasteiger partial charge is 0.320 e. The molecule has 0 fully saturated rings. The molecule has 0 radical (unpaired) electrons. The van der Waals surface area contributed by atoms with Gasteiger partial charge < -0.3 is 5.32 Å². The molecule has 0 bridgehead atoms. The van der Waals surface area contributed by atoms with Crippen molar-refractivity contribution in [3.8, 4) is 0 Å². The lowest BCUT2D eigenvalue weighted by atomic mass is 10.2. The number of carbonyl (C=O) groups excluding carboxylic acids is 1. The number of hydrogen-bond donors (Lipinski definition) is 1. The standard InChI is InChI=1S/C13H10BrClF3N3O/c1-6-7(15)4-3-5-8(6)19-12(22)10-9(14)11(13(16,17)18)21(2)20-10/h3-5H,1-2H3,(H,19,22). The van der Waals surface area contributed by atoms with Crippen LogP contribution >= 0.6 is 27.5 Å². The van der Waals surface area contributed by atoms with Gasteiger partial charge in [-0.1, -0.05) is 17.7 Å². The van der Waals surface area contributed by atoms with Crippen molar-refractivity contribution in [3.63, 3.8) is 0 Å². The Morgan fingerprint density at radius 1 is 1.41 bits per heavy atom. The van der Waals surface area contributed by atoms with Crippen LogP contribution in [0.2, 0.25) is 5.02 Å². The van der Waals surface area contributed by atoms with Gasteiger partial charge >= 0.3 is 6.18 Å². The Hall–Kier alpha value is -1.54. The lowest BCUT2D eigenvalue weighted by Gasteiger charge is -2.08. The molecule has 0 aliphatic carbocycles. The minimum Gasteiger partial charge on any atom is -0.320 e. The Bertz CT molecular complexity index is 743. The van der Waals surface area contributed by atoms with Gasteiger partial charge in [-0.05, 0) is 40.5 Å². The summed E-state index contributed by atoms with van der Waals surface area (Å²) in [7, 11) is 1.12. The number of hydrogen-bond acceptors (Lipinski definition) is 2. The minimum atomic E-state index is -4.62. The Labute approximate surface area is 137 Å². The van der Waals surface area contributed by atoms with Crippen LogP contribution in [0.15, 0.2) is 22.7 Å². The zero-order valence-electron chi connectivity index (χ0n) is 11.4. The van der Waals surface area contributed by atoms with Crippen LogP contribution in [0.25, 0.3) is 0 Å². The van der Waals surface area contributed by atoms with Crippen LogP contribution in [0.4, 0.5) is 18.9 Å². The molecule has 1 aromatic carbocycles. The molecule has 0 aliphatic heterocycles. The van der Waals surface area contributed by atoms with E-state index in [1.54, 1.807) is 25.1 Å². The molecular weight excluding hydrogens is 387 g/mol. The molecule has 0 saturated heterocycles. The van der Waals surface area contributed by atoms with E-state index in [1.807, 2.05) is 0 Å². The lowest BCUT2D eigenvalue weighted by Crippen LogP contribution is -2.14. The van der Waals surface area contributed by atoms with Gasteiger partial charge in [-0.3, -0.25) is 9.48 Å². The van der Waals surface area contributed by atoms with E-state index in [0.29, 0.717) is 21.0 Å². The average molecular weight is 397 g/mol. The molecule has 0 atom stereocenters. The number of carbonyl (C=O) groups is 1. The van der Waals surface area contributed by atoms with E-state index in [-0.39, 0.29) is 5.69 Å². The SMILES string of the molecule is Cc1c(Cl)cccc1NC(=O)c1nn(C)c(C(F)(F)F)c1Br. The normalized spacial score (nSPS) is 11.6. The fraction of sp³-hybridized carbons (Fsp3) is 0.231. The van der Waals surface area contributed by atoms with Gasteiger partial charge in [-0.15, -0.1) is 0 Å². The third kappa shape index (κ3) is 3.12. The summed E-state index contributed by atoms with van der Waals surface area (Å²) in [6, 6.07) is 4.87. The predicted octanol–water partition coefficient (Wildman–Crippen LogP) is 4.42. The average Bonchev–Trinajstić information content (AvgIpc) is 2.70. The van der Waals surface area contributed by atoms with Crippen LogP contribution < -0.4 is 5.32 Å². The van der Waals surface area contributed by atoms with Gasteiger partial charge in [-0.25, -0.2) is 0 Å². The molecule has 0 aliphatic rings. The fourth-order valence-corrected chi connectivity index (χ4v) is 2.79. The van der Waals surface area contributed by atoms with Crippen LogP contribution in [0.1, 0.15) is 21.7 Å². The third-order valence-corrected chi connectivity index (χ3v) is 4.15. The van der Waals surface area contributed by atoms with Crippen LogP contribution in [-0.4, -0.2) is 15.7 Å². The Kier molecular flexibility index (Phi) is 4.53. The van der Waals surface area contributed by atoms with E-state index in [4.69, 9.17) is 11.6 Å². The molecule has 1 aromatic heterocycles. The quantitative estimate of drug-likeness (QED) is 0.817. The maximum absolute atomic E-state index is 12.9. The first-order valence-electron chi connectivity index (χ1n) is 5.99. The van der Waals surface area contributed by atoms with Crippen molar-refractivity contribution in [2.24, 2.45) is 7.05 Å². The molecule has 1 heterocycles. The van der Waals surface area contributed by atoms with Gasteiger partial charge in [-0.2, -0.15) is 18.3 Å². The summed E-state index contributed by atoms with van der Waals surface area (Å²) < 4.78 is 38.9. The third-order valence-electron chi connectivity index (χ3n) is 2.99. The topological polar surface area (TPSA) is 46.9 Å². The number of benzene rings is 1. The van der Waals surface area contributed by atoms with Crippen molar-refractivity contribution >= 4 is 39.1 Å². The molecule has 2 aromatic rings. The van der Waals surface area contributed by atoms with E-state index >= 15 is 0 Å². The second-order valence-corrected chi connectivity index (χ2v) is 5.70. The van der Waals surface area contributed by atoms with Gasteiger partial charge in [0.15, 0.2) is 11.4 Å². The van der Waals surface area contributed by atoms with E-state index in [0.717, 1.165) is 7.05 Å². The summed E-state index contributed by atoms with van der Waals surface area (Å²) in [5.41, 5.74) is -0.362. The minimum absolute atomic E-state index is 0.353. The zero-order valence-corrected chi connectivity index (χ0v) is 13.8. The van der Waals surface area contributed by atoms with Gasteiger partial charge in [0.1, 0.15) is 0 Å². The predicted molar refractivity (Wildman–Crippen MR) is 80.1 cm³/mol. The highest BCUT2D eigenvalue weighted by atomic mass is 79.9. The summed E-state index contributed by atoms with van der Waals surface area (Å²) in [6.07, 6.45) is -4.62. The van der Waals surface area contributed by atoms with Crippen LogP contribution in [0, 0.1) is 6.92 Å². The van der Waals surface area contributed by atoms with E-state index in [2.05, 4.69) is 26.3 Å². The Balaban J connectivity index is 2.37. The summed E-state index contributed by atoms with van der Waals surface area (Å²) >= 11 is 8.73. The molecule has 118 valence electrons. The number of nitrogens with zero attached hydrogens (tertiary/aromatic N) is 2. The van der Waals surface area contributed by atoms with Crippen molar-refractivity contribution in [3.05, 3.63) is 44.6 Å². The molecule has 2 rings (SSSR count). The first-order valence-corrected chi connectivity index (χ1v) is 7.16. The van der Waals surface area contributed by atoms with Crippen molar-refractivity contribution in [1.82, 2.24) is 9.78 Å². The maximum atomic E-state index is 12.9. The number of anilines is 1. The van der Waals surface area contributed by atoms with Crippen molar-refractivity contribution in [2.45, 2.75) is 13.1 Å². The van der Waals surface area contributed by atoms with Crippen molar-refractivity contribution in [2.75, 3.05) is 5.32 Å². The van der Waals surface area contributed by atoms with Gasteiger partial charge in [0.2, 0.25) is 0 Å². The van der Waals surface area contributed by atoms with Crippen LogP contribution in [0.5, 0.6) is 0 Å². The number of rotatable bonds is 2. The Morgan fingerprint density at radius 2 is 2.05 bits per heavy atom. The van der Waals surface area contributed by atoms with E-state index in [9.17, 15) is 18.0 Å². The van der Waals surface area contributed by atoms with Crippen molar-refractivity contribution in [1.29, 1.82) is 0 Å². The highest BCUT2D eigenvalue weighted by Gasteiger charge is 2.39. The van der Waals surface area contributed by atoms with E-state index < -0.39 is 22.3 Å². The summed E-state index contributed by atoms with van der Waals surface area (Å²) in [5.74, 6) is -0.761. The molecule has 1 amide bonds. The maximum Gasteiger partial charge on any atom is 0.434 e. The molecular formula is C13H10BrClF3N3O. The van der Waals surface area contributed by atoms with E-state index in [1.165, 1.54) is 0 Å². The monoisotopic (exact) mass is 395 g/mol.